The highest BCUT2D eigenvalue weighted by Gasteiger charge is 2.47. The molecule has 2 aliphatic rings. The first-order valence-corrected chi connectivity index (χ1v) is 10.9. The lowest BCUT2D eigenvalue weighted by molar-refractivity contribution is 0.0704. The number of phenols is 1. The van der Waals surface area contributed by atoms with Crippen LogP contribution >= 0.6 is 11.8 Å². The number of amides is 1. The third-order valence-corrected chi connectivity index (χ3v) is 7.99. The predicted molar refractivity (Wildman–Crippen MR) is 117 cm³/mol. The van der Waals surface area contributed by atoms with Crippen molar-refractivity contribution in [2.45, 2.75) is 22.8 Å². The van der Waals surface area contributed by atoms with E-state index in [0.717, 1.165) is 31.5 Å². The smallest absolute Gasteiger partial charge is 0.253 e. The molecule has 5 rings (SSSR count). The number of piperidine rings is 1. The van der Waals surface area contributed by atoms with E-state index in [1.807, 2.05) is 59.1 Å². The second-order valence-electron chi connectivity index (χ2n) is 7.83. The number of carbonyl (C=O) groups is 1. The van der Waals surface area contributed by atoms with Gasteiger partial charge >= 0.3 is 0 Å². The maximum atomic E-state index is 12.9. The zero-order valence-corrected chi connectivity index (χ0v) is 16.9. The van der Waals surface area contributed by atoms with Crippen LogP contribution in [0.3, 0.4) is 0 Å². The van der Waals surface area contributed by atoms with E-state index < -0.39 is 0 Å². The largest absolute Gasteiger partial charge is 0.508 e. The molecule has 0 saturated carbocycles. The molecule has 2 heterocycles. The van der Waals surface area contributed by atoms with Crippen LogP contribution in [-0.4, -0.2) is 29.0 Å². The molecule has 3 aromatic carbocycles. The minimum Gasteiger partial charge on any atom is -0.508 e. The van der Waals surface area contributed by atoms with Gasteiger partial charge in [0, 0.05) is 23.4 Å². The Morgan fingerprint density at radius 3 is 2.28 bits per heavy atom. The number of thioether (sulfide) groups is 1. The molecule has 3 aromatic rings. The summed E-state index contributed by atoms with van der Waals surface area (Å²) in [5.41, 5.74) is 4.77. The highest BCUT2D eigenvalue weighted by Crippen LogP contribution is 2.61. The SMILES string of the molecule is O=C(c1ccccc1)N1CCC2(CC1)SC(c1ccc(O)cc1)c1ccccc12. The Balaban J connectivity index is 1.40. The van der Waals surface area contributed by atoms with E-state index >= 15 is 0 Å². The van der Waals surface area contributed by atoms with Crippen LogP contribution in [0.1, 0.15) is 45.1 Å². The summed E-state index contributed by atoms with van der Waals surface area (Å²) < 4.78 is 0.0482. The van der Waals surface area contributed by atoms with E-state index in [-0.39, 0.29) is 15.9 Å². The number of rotatable bonds is 2. The predicted octanol–water partition coefficient (Wildman–Crippen LogP) is 5.36. The molecular formula is C25H23NO2S. The second kappa shape index (κ2) is 7.27. The Labute approximate surface area is 175 Å². The molecule has 0 bridgehead atoms. The van der Waals surface area contributed by atoms with E-state index in [9.17, 15) is 9.90 Å². The first kappa shape index (κ1) is 18.3. The molecule has 0 aliphatic carbocycles. The maximum absolute atomic E-state index is 12.9. The van der Waals surface area contributed by atoms with Crippen LogP contribution in [0, 0.1) is 0 Å². The van der Waals surface area contributed by atoms with Crippen LogP contribution < -0.4 is 0 Å². The van der Waals surface area contributed by atoms with Gasteiger partial charge in [-0.2, -0.15) is 0 Å². The van der Waals surface area contributed by atoms with Gasteiger partial charge in [-0.25, -0.2) is 0 Å². The van der Waals surface area contributed by atoms with Gasteiger partial charge in [0.15, 0.2) is 0 Å². The Bertz CT molecular complexity index is 1020. The normalized spacial score (nSPS) is 19.9. The van der Waals surface area contributed by atoms with Crippen LogP contribution in [0.15, 0.2) is 78.9 Å². The van der Waals surface area contributed by atoms with E-state index in [1.165, 1.54) is 16.7 Å². The molecule has 1 N–H and O–H groups in total. The van der Waals surface area contributed by atoms with Gasteiger partial charge in [-0.3, -0.25) is 4.79 Å². The van der Waals surface area contributed by atoms with Crippen LogP contribution in [0.25, 0.3) is 0 Å². The van der Waals surface area contributed by atoms with E-state index in [1.54, 1.807) is 12.1 Å². The topological polar surface area (TPSA) is 40.5 Å². The summed E-state index contributed by atoms with van der Waals surface area (Å²) in [5, 5.41) is 9.93. The Hall–Kier alpha value is -2.72. The molecule has 1 unspecified atom stereocenters. The lowest BCUT2D eigenvalue weighted by Crippen LogP contribution is -2.43. The van der Waals surface area contributed by atoms with Gasteiger partial charge < -0.3 is 10.0 Å². The number of hydrogen-bond donors (Lipinski definition) is 1. The summed E-state index contributed by atoms with van der Waals surface area (Å²) >= 11 is 2.01. The lowest BCUT2D eigenvalue weighted by atomic mass is 9.84. The third kappa shape index (κ3) is 3.22. The summed E-state index contributed by atoms with van der Waals surface area (Å²) in [6.07, 6.45) is 1.92. The van der Waals surface area contributed by atoms with Gasteiger partial charge in [0.1, 0.15) is 5.75 Å². The first-order valence-electron chi connectivity index (χ1n) is 10.1. The molecule has 2 aliphatic heterocycles. The zero-order chi connectivity index (χ0) is 19.8. The molecule has 0 radical (unpaired) electrons. The van der Waals surface area contributed by atoms with Crippen LogP contribution in [0.5, 0.6) is 5.75 Å². The number of likely N-dealkylation sites (tertiary alicyclic amines) is 1. The lowest BCUT2D eigenvalue weighted by Gasteiger charge is -2.39. The Kier molecular flexibility index (Phi) is 4.59. The molecule has 4 heteroatoms. The number of nitrogens with zero attached hydrogens (tertiary/aromatic N) is 1. The third-order valence-electron chi connectivity index (χ3n) is 6.15. The van der Waals surface area contributed by atoms with Gasteiger partial charge in [-0.05, 0) is 53.8 Å². The summed E-state index contributed by atoms with van der Waals surface area (Å²) in [5.74, 6) is 0.430. The van der Waals surface area contributed by atoms with Crippen molar-refractivity contribution >= 4 is 17.7 Å². The van der Waals surface area contributed by atoms with Crippen molar-refractivity contribution < 1.29 is 9.90 Å². The van der Waals surface area contributed by atoms with Crippen molar-refractivity contribution in [3.05, 3.63) is 101 Å². The molecular weight excluding hydrogens is 378 g/mol. The van der Waals surface area contributed by atoms with Gasteiger partial charge in [0.05, 0.1) is 5.25 Å². The minimum absolute atomic E-state index is 0.0482. The highest BCUT2D eigenvalue weighted by atomic mass is 32.2. The van der Waals surface area contributed by atoms with Gasteiger partial charge in [0.2, 0.25) is 0 Å². The summed E-state index contributed by atoms with van der Waals surface area (Å²) in [4.78, 5) is 14.9. The van der Waals surface area contributed by atoms with E-state index in [0.29, 0.717) is 5.75 Å². The number of carbonyl (C=O) groups excluding carboxylic acids is 1. The van der Waals surface area contributed by atoms with Crippen molar-refractivity contribution in [3.8, 4) is 5.75 Å². The van der Waals surface area contributed by atoms with Crippen molar-refractivity contribution in [1.82, 2.24) is 4.90 Å². The molecule has 1 amide bonds. The summed E-state index contributed by atoms with van der Waals surface area (Å²) in [6, 6.07) is 25.9. The molecule has 1 spiro atoms. The maximum Gasteiger partial charge on any atom is 0.253 e. The average molecular weight is 402 g/mol. The average Bonchev–Trinajstić information content (AvgIpc) is 3.09. The van der Waals surface area contributed by atoms with Crippen LogP contribution in [0.2, 0.25) is 0 Å². The van der Waals surface area contributed by atoms with Crippen molar-refractivity contribution in [2.24, 2.45) is 0 Å². The van der Waals surface area contributed by atoms with Crippen molar-refractivity contribution in [3.63, 3.8) is 0 Å². The number of hydrogen-bond acceptors (Lipinski definition) is 3. The summed E-state index contributed by atoms with van der Waals surface area (Å²) in [7, 11) is 0. The molecule has 1 saturated heterocycles. The monoisotopic (exact) mass is 401 g/mol. The summed E-state index contributed by atoms with van der Waals surface area (Å²) in [6.45, 7) is 1.55. The van der Waals surface area contributed by atoms with Crippen LogP contribution in [-0.2, 0) is 4.75 Å². The van der Waals surface area contributed by atoms with E-state index in [4.69, 9.17) is 0 Å². The molecule has 1 atom stereocenters. The fourth-order valence-corrected chi connectivity index (χ4v) is 6.42. The van der Waals surface area contributed by atoms with Gasteiger partial charge in [-0.1, -0.05) is 54.6 Å². The molecule has 1 fully saturated rings. The fraction of sp³-hybridized carbons (Fsp3) is 0.240. The standard InChI is InChI=1S/C25H23NO2S/c27-20-12-10-18(11-13-20)23-21-8-4-5-9-22(21)25(29-23)14-16-26(17-15-25)24(28)19-6-2-1-3-7-19/h1-13,23,27H,14-17H2. The van der Waals surface area contributed by atoms with Crippen molar-refractivity contribution in [1.29, 1.82) is 0 Å². The van der Waals surface area contributed by atoms with E-state index in [2.05, 4.69) is 24.3 Å². The molecule has 29 heavy (non-hydrogen) atoms. The molecule has 0 aromatic heterocycles. The van der Waals surface area contributed by atoms with Gasteiger partial charge in [-0.15, -0.1) is 11.8 Å². The minimum atomic E-state index is 0.0482. The highest BCUT2D eigenvalue weighted by molar-refractivity contribution is 8.01. The number of aromatic hydroxyl groups is 1. The quantitative estimate of drug-likeness (QED) is 0.628. The molecule has 3 nitrogen and oxygen atoms in total. The number of benzene rings is 3. The van der Waals surface area contributed by atoms with Gasteiger partial charge in [0.25, 0.3) is 5.91 Å². The number of phenolic OH excluding ortho intramolecular Hbond substituents is 1. The first-order chi connectivity index (χ1) is 14.2. The van der Waals surface area contributed by atoms with Crippen molar-refractivity contribution in [2.75, 3.05) is 13.1 Å². The Morgan fingerprint density at radius 2 is 1.55 bits per heavy atom. The zero-order valence-electron chi connectivity index (χ0n) is 16.1. The number of fused-ring (bicyclic) bond motifs is 2. The fourth-order valence-electron chi connectivity index (χ4n) is 4.61. The Morgan fingerprint density at radius 1 is 0.897 bits per heavy atom. The van der Waals surface area contributed by atoms with Crippen LogP contribution in [0.4, 0.5) is 0 Å². The second-order valence-corrected chi connectivity index (χ2v) is 9.32. The molecule has 146 valence electrons.